The second-order valence-electron chi connectivity index (χ2n) is 6.31. The maximum absolute atomic E-state index is 14.0. The van der Waals surface area contributed by atoms with Gasteiger partial charge in [0.1, 0.15) is 5.82 Å². The molecular formula is C19H19FN4O. The fourth-order valence-corrected chi connectivity index (χ4v) is 2.55. The molecule has 3 rings (SSSR count). The Morgan fingerprint density at radius 3 is 2.60 bits per heavy atom. The number of amides is 1. The van der Waals surface area contributed by atoms with Crippen LogP contribution in [-0.2, 0) is 16.8 Å². The van der Waals surface area contributed by atoms with Gasteiger partial charge in [0, 0.05) is 30.2 Å². The van der Waals surface area contributed by atoms with E-state index < -0.39 is 11.2 Å². The van der Waals surface area contributed by atoms with Crippen molar-refractivity contribution in [3.05, 3.63) is 78.0 Å². The van der Waals surface area contributed by atoms with Gasteiger partial charge in [-0.3, -0.25) is 14.5 Å². The molecule has 0 spiro atoms. The molecule has 0 aliphatic heterocycles. The number of carbonyl (C=O) groups is 1. The van der Waals surface area contributed by atoms with Crippen molar-refractivity contribution in [1.82, 2.24) is 14.8 Å². The van der Waals surface area contributed by atoms with E-state index in [0.717, 1.165) is 5.56 Å². The van der Waals surface area contributed by atoms with Crippen LogP contribution in [0, 0.1) is 5.82 Å². The van der Waals surface area contributed by atoms with E-state index in [4.69, 9.17) is 0 Å². The number of hydrogen-bond acceptors (Lipinski definition) is 3. The van der Waals surface area contributed by atoms with Crippen LogP contribution in [0.4, 0.5) is 10.2 Å². The van der Waals surface area contributed by atoms with Gasteiger partial charge < -0.3 is 5.32 Å². The molecule has 0 saturated carbocycles. The quantitative estimate of drug-likeness (QED) is 0.776. The second kappa shape index (κ2) is 6.84. The van der Waals surface area contributed by atoms with Gasteiger partial charge in [0.05, 0.1) is 12.0 Å². The Morgan fingerprint density at radius 2 is 1.88 bits per heavy atom. The smallest absolute Gasteiger partial charge is 0.235 e. The van der Waals surface area contributed by atoms with E-state index in [1.807, 2.05) is 12.1 Å². The monoisotopic (exact) mass is 338 g/mol. The number of halogens is 1. The number of pyridine rings is 1. The van der Waals surface area contributed by atoms with Gasteiger partial charge in [-0.05, 0) is 37.6 Å². The van der Waals surface area contributed by atoms with Crippen molar-refractivity contribution in [1.29, 1.82) is 0 Å². The van der Waals surface area contributed by atoms with Crippen molar-refractivity contribution in [3.8, 4) is 0 Å². The predicted molar refractivity (Wildman–Crippen MR) is 93.6 cm³/mol. The topological polar surface area (TPSA) is 59.8 Å². The second-order valence-corrected chi connectivity index (χ2v) is 6.31. The Hall–Kier alpha value is -3.02. The van der Waals surface area contributed by atoms with E-state index in [2.05, 4.69) is 15.4 Å². The standard InChI is InChI=1S/C19H19FN4O/c1-19(2,15-5-3-4-6-16(15)20)18(25)22-17-9-12-24(23-17)13-14-7-10-21-11-8-14/h3-12H,13H2,1-2H3,(H,22,23,25). The molecule has 0 unspecified atom stereocenters. The molecule has 0 saturated heterocycles. The first-order chi connectivity index (χ1) is 12.0. The zero-order chi connectivity index (χ0) is 17.9. The minimum Gasteiger partial charge on any atom is -0.308 e. The maximum Gasteiger partial charge on any atom is 0.235 e. The highest BCUT2D eigenvalue weighted by Crippen LogP contribution is 2.27. The van der Waals surface area contributed by atoms with E-state index in [9.17, 15) is 9.18 Å². The highest BCUT2D eigenvalue weighted by Gasteiger charge is 2.32. The number of nitrogens with one attached hydrogen (secondary N) is 1. The number of carbonyl (C=O) groups excluding carboxylic acids is 1. The van der Waals surface area contributed by atoms with E-state index in [-0.39, 0.29) is 5.91 Å². The fourth-order valence-electron chi connectivity index (χ4n) is 2.55. The summed E-state index contributed by atoms with van der Waals surface area (Å²) in [6.07, 6.45) is 5.23. The molecule has 0 radical (unpaired) electrons. The molecule has 0 bridgehead atoms. The molecule has 1 aromatic carbocycles. The van der Waals surface area contributed by atoms with Crippen LogP contribution < -0.4 is 5.32 Å². The van der Waals surface area contributed by atoms with E-state index in [1.54, 1.807) is 61.4 Å². The van der Waals surface area contributed by atoms with Crippen LogP contribution in [0.15, 0.2) is 61.1 Å². The summed E-state index contributed by atoms with van der Waals surface area (Å²) in [4.78, 5) is 16.6. The number of anilines is 1. The Balaban J connectivity index is 1.72. The third-order valence-electron chi connectivity index (χ3n) is 4.09. The van der Waals surface area contributed by atoms with Gasteiger partial charge in [-0.2, -0.15) is 5.10 Å². The summed E-state index contributed by atoms with van der Waals surface area (Å²) in [5.41, 5.74) is 0.395. The third kappa shape index (κ3) is 3.74. The summed E-state index contributed by atoms with van der Waals surface area (Å²) in [5, 5.41) is 7.11. The molecule has 5 nitrogen and oxygen atoms in total. The lowest BCUT2D eigenvalue weighted by Gasteiger charge is -2.24. The summed E-state index contributed by atoms with van der Waals surface area (Å²) in [7, 11) is 0. The lowest BCUT2D eigenvalue weighted by molar-refractivity contribution is -0.120. The van der Waals surface area contributed by atoms with Crippen molar-refractivity contribution in [2.45, 2.75) is 25.8 Å². The van der Waals surface area contributed by atoms with Gasteiger partial charge in [0.15, 0.2) is 5.82 Å². The minimum atomic E-state index is -1.01. The molecule has 2 heterocycles. The number of aromatic nitrogens is 3. The SMILES string of the molecule is CC(C)(C(=O)Nc1ccn(Cc2ccncc2)n1)c1ccccc1F. The van der Waals surface area contributed by atoms with Crippen molar-refractivity contribution in [2.75, 3.05) is 5.32 Å². The molecular weight excluding hydrogens is 319 g/mol. The maximum atomic E-state index is 14.0. The molecule has 3 aromatic rings. The van der Waals surface area contributed by atoms with Crippen LogP contribution in [0.25, 0.3) is 0 Å². The Morgan fingerprint density at radius 1 is 1.16 bits per heavy atom. The third-order valence-corrected chi connectivity index (χ3v) is 4.09. The van der Waals surface area contributed by atoms with Crippen molar-refractivity contribution in [3.63, 3.8) is 0 Å². The van der Waals surface area contributed by atoms with Crippen molar-refractivity contribution >= 4 is 11.7 Å². The largest absolute Gasteiger partial charge is 0.308 e. The normalized spacial score (nSPS) is 11.3. The molecule has 0 fully saturated rings. The summed E-state index contributed by atoms with van der Waals surface area (Å²) in [6, 6.07) is 11.8. The molecule has 0 aliphatic carbocycles. The summed E-state index contributed by atoms with van der Waals surface area (Å²) >= 11 is 0. The highest BCUT2D eigenvalue weighted by atomic mass is 19.1. The molecule has 0 aliphatic rings. The number of benzene rings is 1. The average molecular weight is 338 g/mol. The minimum absolute atomic E-state index is 0.313. The van der Waals surface area contributed by atoms with Gasteiger partial charge in [0.25, 0.3) is 0 Å². The number of nitrogens with zero attached hydrogens (tertiary/aromatic N) is 3. The first-order valence-electron chi connectivity index (χ1n) is 7.95. The molecule has 6 heteroatoms. The molecule has 2 aromatic heterocycles. The van der Waals surface area contributed by atoms with Gasteiger partial charge in [-0.25, -0.2) is 4.39 Å². The van der Waals surface area contributed by atoms with Crippen LogP contribution >= 0.6 is 0 Å². The van der Waals surface area contributed by atoms with Crippen LogP contribution in [-0.4, -0.2) is 20.7 Å². The van der Waals surface area contributed by atoms with Gasteiger partial charge in [-0.15, -0.1) is 0 Å². The zero-order valence-corrected chi connectivity index (χ0v) is 14.1. The Bertz CT molecular complexity index is 874. The predicted octanol–water partition coefficient (Wildman–Crippen LogP) is 3.38. The number of hydrogen-bond donors (Lipinski definition) is 1. The van der Waals surface area contributed by atoms with Crippen LogP contribution in [0.3, 0.4) is 0 Å². The Kier molecular flexibility index (Phi) is 4.61. The van der Waals surface area contributed by atoms with Crippen LogP contribution in [0.2, 0.25) is 0 Å². The molecule has 1 amide bonds. The number of rotatable bonds is 5. The molecule has 128 valence electrons. The van der Waals surface area contributed by atoms with Crippen molar-refractivity contribution in [2.24, 2.45) is 0 Å². The first-order valence-corrected chi connectivity index (χ1v) is 7.95. The van der Waals surface area contributed by atoms with Gasteiger partial charge in [-0.1, -0.05) is 18.2 Å². The Labute approximate surface area is 145 Å². The van der Waals surface area contributed by atoms with E-state index in [0.29, 0.717) is 17.9 Å². The van der Waals surface area contributed by atoms with E-state index >= 15 is 0 Å². The van der Waals surface area contributed by atoms with Crippen molar-refractivity contribution < 1.29 is 9.18 Å². The molecule has 1 N–H and O–H groups in total. The van der Waals surface area contributed by atoms with Gasteiger partial charge in [0.2, 0.25) is 5.91 Å². The summed E-state index contributed by atoms with van der Waals surface area (Å²) in [5.74, 6) is -0.277. The lowest BCUT2D eigenvalue weighted by Crippen LogP contribution is -2.35. The average Bonchev–Trinajstić information content (AvgIpc) is 3.03. The molecule has 25 heavy (non-hydrogen) atoms. The molecule has 0 atom stereocenters. The van der Waals surface area contributed by atoms with Crippen LogP contribution in [0.1, 0.15) is 25.0 Å². The van der Waals surface area contributed by atoms with Gasteiger partial charge >= 0.3 is 0 Å². The summed E-state index contributed by atoms with van der Waals surface area (Å²) < 4.78 is 15.7. The highest BCUT2D eigenvalue weighted by molar-refractivity contribution is 5.97. The van der Waals surface area contributed by atoms with E-state index in [1.165, 1.54) is 6.07 Å². The summed E-state index contributed by atoms with van der Waals surface area (Å²) in [6.45, 7) is 3.96. The van der Waals surface area contributed by atoms with Crippen LogP contribution in [0.5, 0.6) is 0 Å². The zero-order valence-electron chi connectivity index (χ0n) is 14.1. The first kappa shape index (κ1) is 16.8. The fraction of sp³-hybridized carbons (Fsp3) is 0.211. The lowest BCUT2D eigenvalue weighted by atomic mass is 9.83.